The van der Waals surface area contributed by atoms with Gasteiger partial charge in [-0.3, -0.25) is 9.89 Å². The number of aromatic nitrogens is 4. The lowest BCUT2D eigenvalue weighted by atomic mass is 10.1. The van der Waals surface area contributed by atoms with E-state index >= 15 is 0 Å². The molecule has 0 fully saturated rings. The second kappa shape index (κ2) is 4.45. The van der Waals surface area contributed by atoms with Crippen LogP contribution < -0.4 is 11.1 Å². The number of H-pyrrole nitrogens is 2. The molecule has 0 radical (unpaired) electrons. The van der Waals surface area contributed by atoms with E-state index in [9.17, 15) is 4.79 Å². The molecule has 1 aromatic carbocycles. The van der Waals surface area contributed by atoms with Gasteiger partial charge in [-0.15, -0.1) is 0 Å². The largest absolute Gasteiger partial charge is 0.399 e. The Balaban J connectivity index is 1.83. The molecular weight excluding hydrogens is 244 g/mol. The van der Waals surface area contributed by atoms with Gasteiger partial charge in [0.1, 0.15) is 12.2 Å². The maximum atomic E-state index is 12.1. The van der Waals surface area contributed by atoms with Crippen molar-refractivity contribution in [1.82, 2.24) is 25.5 Å². The molecule has 0 aliphatic heterocycles. The van der Waals surface area contributed by atoms with E-state index in [1.54, 1.807) is 18.3 Å². The minimum absolute atomic E-state index is 0.187. The van der Waals surface area contributed by atoms with Gasteiger partial charge in [0.25, 0.3) is 5.91 Å². The van der Waals surface area contributed by atoms with Crippen LogP contribution in [-0.2, 0) is 6.54 Å². The first-order valence-electron chi connectivity index (χ1n) is 5.73. The fourth-order valence-corrected chi connectivity index (χ4v) is 1.90. The number of nitrogens with one attached hydrogen (secondary N) is 3. The highest BCUT2D eigenvalue weighted by molar-refractivity contribution is 6.07. The Morgan fingerprint density at radius 2 is 2.32 bits per heavy atom. The lowest BCUT2D eigenvalue weighted by Gasteiger charge is -2.02. The third-order valence-corrected chi connectivity index (χ3v) is 2.83. The lowest BCUT2D eigenvalue weighted by molar-refractivity contribution is 0.0951. The fraction of sp³-hybridized carbons (Fsp3) is 0.0833. The third-order valence-electron chi connectivity index (χ3n) is 2.83. The van der Waals surface area contributed by atoms with Crippen LogP contribution >= 0.6 is 0 Å². The topological polar surface area (TPSA) is 112 Å². The van der Waals surface area contributed by atoms with E-state index in [4.69, 9.17) is 5.73 Å². The number of benzene rings is 1. The van der Waals surface area contributed by atoms with E-state index in [0.717, 1.165) is 10.9 Å². The number of nitrogens with zero attached hydrogens (tertiary/aromatic N) is 2. The Bertz CT molecular complexity index is 715. The van der Waals surface area contributed by atoms with Crippen LogP contribution in [0, 0.1) is 0 Å². The summed E-state index contributed by atoms with van der Waals surface area (Å²) in [5.41, 5.74) is 7.79. The van der Waals surface area contributed by atoms with Gasteiger partial charge in [-0.1, -0.05) is 0 Å². The number of anilines is 1. The molecule has 0 aliphatic carbocycles. The van der Waals surface area contributed by atoms with Crippen molar-refractivity contribution in [1.29, 1.82) is 0 Å². The number of hydrogen-bond donors (Lipinski definition) is 4. The van der Waals surface area contributed by atoms with Crippen molar-refractivity contribution in [2.45, 2.75) is 6.54 Å². The second-order valence-corrected chi connectivity index (χ2v) is 4.12. The van der Waals surface area contributed by atoms with Crippen LogP contribution in [-0.4, -0.2) is 26.1 Å². The highest BCUT2D eigenvalue weighted by Crippen LogP contribution is 2.20. The molecule has 19 heavy (non-hydrogen) atoms. The summed E-state index contributed by atoms with van der Waals surface area (Å²) >= 11 is 0. The molecule has 0 spiro atoms. The quantitative estimate of drug-likeness (QED) is 0.519. The number of nitrogens with two attached hydrogens (primary N) is 1. The number of fused-ring (bicyclic) bond motifs is 1. The summed E-state index contributed by atoms with van der Waals surface area (Å²) in [6.07, 6.45) is 3.06. The van der Waals surface area contributed by atoms with E-state index in [1.807, 2.05) is 6.07 Å². The van der Waals surface area contributed by atoms with Crippen LogP contribution in [0.15, 0.2) is 30.7 Å². The van der Waals surface area contributed by atoms with Crippen LogP contribution in [0.3, 0.4) is 0 Å². The Morgan fingerprint density at radius 1 is 1.42 bits per heavy atom. The molecule has 3 rings (SSSR count). The van der Waals surface area contributed by atoms with Gasteiger partial charge in [0.2, 0.25) is 0 Å². The normalized spacial score (nSPS) is 10.7. The molecule has 0 bridgehead atoms. The Hall–Kier alpha value is -2.83. The van der Waals surface area contributed by atoms with Crippen molar-refractivity contribution < 1.29 is 4.79 Å². The van der Waals surface area contributed by atoms with Crippen LogP contribution in [0.5, 0.6) is 0 Å². The van der Waals surface area contributed by atoms with Gasteiger partial charge in [-0.05, 0) is 18.2 Å². The van der Waals surface area contributed by atoms with Gasteiger partial charge in [-0.25, -0.2) is 4.98 Å². The summed E-state index contributed by atoms with van der Waals surface area (Å²) in [7, 11) is 0. The Kier molecular flexibility index (Phi) is 2.64. The summed E-state index contributed by atoms with van der Waals surface area (Å²) in [6, 6.07) is 5.40. The Labute approximate surface area is 108 Å². The molecule has 0 saturated heterocycles. The van der Waals surface area contributed by atoms with Gasteiger partial charge in [0.05, 0.1) is 12.1 Å². The molecule has 5 N–H and O–H groups in total. The number of amides is 1. The summed E-state index contributed by atoms with van der Waals surface area (Å²) < 4.78 is 0. The fourth-order valence-electron chi connectivity index (χ4n) is 1.90. The zero-order chi connectivity index (χ0) is 13.2. The number of carbonyl (C=O) groups excluding carboxylic acids is 1. The highest BCUT2D eigenvalue weighted by Gasteiger charge is 2.12. The molecule has 0 atom stereocenters. The summed E-state index contributed by atoms with van der Waals surface area (Å²) in [6.45, 7) is 0.299. The third kappa shape index (κ3) is 2.13. The summed E-state index contributed by atoms with van der Waals surface area (Å²) in [5, 5.41) is 9.96. The molecule has 7 heteroatoms. The Morgan fingerprint density at radius 3 is 3.11 bits per heavy atom. The van der Waals surface area contributed by atoms with E-state index in [2.05, 4.69) is 25.5 Å². The van der Waals surface area contributed by atoms with Crippen LogP contribution in [0.1, 0.15) is 16.2 Å². The zero-order valence-electron chi connectivity index (χ0n) is 9.97. The zero-order valence-corrected chi connectivity index (χ0v) is 9.97. The van der Waals surface area contributed by atoms with Crippen molar-refractivity contribution in [3.63, 3.8) is 0 Å². The van der Waals surface area contributed by atoms with Gasteiger partial charge < -0.3 is 16.0 Å². The maximum absolute atomic E-state index is 12.1. The highest BCUT2D eigenvalue weighted by atomic mass is 16.1. The number of aromatic amines is 2. The van der Waals surface area contributed by atoms with Gasteiger partial charge in [-0.2, -0.15) is 5.10 Å². The van der Waals surface area contributed by atoms with Crippen molar-refractivity contribution in [3.8, 4) is 0 Å². The SMILES string of the molecule is Nc1ccc2[nH]cc(C(=O)NCc3ncn[nH]3)c2c1. The first-order valence-corrected chi connectivity index (χ1v) is 5.73. The first kappa shape index (κ1) is 11.3. The van der Waals surface area contributed by atoms with Crippen LogP contribution in [0.4, 0.5) is 5.69 Å². The molecule has 2 aromatic heterocycles. The second-order valence-electron chi connectivity index (χ2n) is 4.12. The molecule has 1 amide bonds. The van der Waals surface area contributed by atoms with Crippen LogP contribution in [0.2, 0.25) is 0 Å². The number of hydrogen-bond acceptors (Lipinski definition) is 4. The van der Waals surface area contributed by atoms with Crippen LogP contribution in [0.25, 0.3) is 10.9 Å². The summed E-state index contributed by atoms with van der Waals surface area (Å²) in [4.78, 5) is 19.1. The van der Waals surface area contributed by atoms with Gasteiger partial charge >= 0.3 is 0 Å². The van der Waals surface area contributed by atoms with Crippen molar-refractivity contribution in [3.05, 3.63) is 42.1 Å². The first-order chi connectivity index (χ1) is 9.24. The molecular formula is C12H12N6O. The minimum atomic E-state index is -0.187. The smallest absolute Gasteiger partial charge is 0.253 e. The summed E-state index contributed by atoms with van der Waals surface area (Å²) in [5.74, 6) is 0.418. The number of rotatable bonds is 3. The number of nitrogen functional groups attached to an aromatic ring is 1. The average molecular weight is 256 g/mol. The molecule has 2 heterocycles. The molecule has 7 nitrogen and oxygen atoms in total. The lowest BCUT2D eigenvalue weighted by Crippen LogP contribution is -2.23. The molecule has 0 unspecified atom stereocenters. The van der Waals surface area contributed by atoms with E-state index in [1.165, 1.54) is 6.33 Å². The molecule has 96 valence electrons. The van der Waals surface area contributed by atoms with E-state index in [0.29, 0.717) is 23.6 Å². The molecule has 3 aromatic rings. The van der Waals surface area contributed by atoms with Crippen molar-refractivity contribution in [2.24, 2.45) is 0 Å². The molecule has 0 aliphatic rings. The number of carbonyl (C=O) groups is 1. The standard InChI is InChI=1S/C12H12N6O/c13-7-1-2-10-8(3-7)9(4-14-10)12(19)15-5-11-16-6-17-18-11/h1-4,6,14H,5,13H2,(H,15,19)(H,16,17,18). The minimum Gasteiger partial charge on any atom is -0.399 e. The average Bonchev–Trinajstić information content (AvgIpc) is 3.04. The van der Waals surface area contributed by atoms with E-state index in [-0.39, 0.29) is 5.91 Å². The van der Waals surface area contributed by atoms with Gasteiger partial charge in [0, 0.05) is 22.8 Å². The predicted octanol–water partition coefficient (Wildman–Crippen LogP) is 0.798. The monoisotopic (exact) mass is 256 g/mol. The maximum Gasteiger partial charge on any atom is 0.253 e. The molecule has 0 saturated carbocycles. The van der Waals surface area contributed by atoms with E-state index < -0.39 is 0 Å². The predicted molar refractivity (Wildman–Crippen MR) is 70.3 cm³/mol. The van der Waals surface area contributed by atoms with Crippen molar-refractivity contribution in [2.75, 3.05) is 5.73 Å². The van der Waals surface area contributed by atoms with Gasteiger partial charge in [0.15, 0.2) is 0 Å². The van der Waals surface area contributed by atoms with Crippen molar-refractivity contribution >= 4 is 22.5 Å².